The lowest BCUT2D eigenvalue weighted by Crippen LogP contribution is -2.45. The van der Waals surface area contributed by atoms with Gasteiger partial charge in [-0.05, 0) is 31.7 Å². The highest BCUT2D eigenvalue weighted by molar-refractivity contribution is 6.38. The quantitative estimate of drug-likeness (QED) is 0.757. The van der Waals surface area contributed by atoms with Gasteiger partial charge in [-0.3, -0.25) is 14.2 Å². The number of anilines is 1. The fraction of sp³-hybridized carbons (Fsp3) is 0.471. The molecule has 0 amide bonds. The van der Waals surface area contributed by atoms with Crippen LogP contribution in [0.15, 0.2) is 15.7 Å². The van der Waals surface area contributed by atoms with E-state index in [1.165, 1.54) is 4.57 Å². The van der Waals surface area contributed by atoms with Crippen LogP contribution in [0.25, 0.3) is 10.9 Å². The molecule has 10 heteroatoms. The number of hydrogen-bond donors (Lipinski definition) is 2. The molecule has 0 spiro atoms. The number of nitrogens with zero attached hydrogens (tertiary/aromatic N) is 3. The molecule has 1 saturated carbocycles. The van der Waals surface area contributed by atoms with Crippen LogP contribution in [0, 0.1) is 11.7 Å². The summed E-state index contributed by atoms with van der Waals surface area (Å²) in [5.74, 6) is 3.26. The number of carboxylic acid groups (broad SMARTS) is 1. The fourth-order valence-corrected chi connectivity index (χ4v) is 4.17. The minimum Gasteiger partial charge on any atom is -0.481 e. The second kappa shape index (κ2) is 6.26. The third kappa shape index (κ3) is 2.77. The second-order valence-corrected chi connectivity index (χ2v) is 7.48. The number of halogens is 2. The van der Waals surface area contributed by atoms with Gasteiger partial charge in [-0.1, -0.05) is 11.6 Å². The van der Waals surface area contributed by atoms with E-state index in [0.29, 0.717) is 24.1 Å². The average molecular weight is 397 g/mol. The molecule has 2 aliphatic rings. The van der Waals surface area contributed by atoms with Crippen molar-refractivity contribution in [2.24, 2.45) is 5.92 Å². The molecule has 1 atom stereocenters. The van der Waals surface area contributed by atoms with Crippen LogP contribution in [0.2, 0.25) is 5.02 Å². The van der Waals surface area contributed by atoms with Crippen LogP contribution >= 0.6 is 11.6 Å². The summed E-state index contributed by atoms with van der Waals surface area (Å²) < 4.78 is 16.7. The third-order valence-electron chi connectivity index (χ3n) is 5.27. The standard InChI is InChI=1S/C17H18ClFN4O4/c18-12-13-10(15(24)23(20)17(27)22(13)9-3-4-9)6-11(19)14(12)21-5-1-2-8(7-21)16(25)26/h6,8-9H,1-5,7,20H2,(H,25,26). The van der Waals surface area contributed by atoms with E-state index in [1.807, 2.05) is 0 Å². The van der Waals surface area contributed by atoms with E-state index in [2.05, 4.69) is 0 Å². The second-order valence-electron chi connectivity index (χ2n) is 7.10. The molecular formula is C17H18ClFN4O4. The summed E-state index contributed by atoms with van der Waals surface area (Å²) in [6.45, 7) is 0.548. The third-order valence-corrected chi connectivity index (χ3v) is 5.63. The molecule has 1 aliphatic heterocycles. The smallest absolute Gasteiger partial charge is 0.350 e. The first-order chi connectivity index (χ1) is 12.8. The van der Waals surface area contributed by atoms with E-state index in [4.69, 9.17) is 17.4 Å². The predicted molar refractivity (Wildman–Crippen MR) is 98.4 cm³/mol. The zero-order valence-electron chi connectivity index (χ0n) is 14.3. The van der Waals surface area contributed by atoms with Crippen LogP contribution in [0.1, 0.15) is 31.7 Å². The van der Waals surface area contributed by atoms with Crippen molar-refractivity contribution in [2.75, 3.05) is 23.8 Å². The molecule has 2 fully saturated rings. The van der Waals surface area contributed by atoms with Crippen molar-refractivity contribution >= 4 is 34.2 Å². The summed E-state index contributed by atoms with van der Waals surface area (Å²) in [7, 11) is 0. The average Bonchev–Trinajstić information content (AvgIpc) is 3.46. The van der Waals surface area contributed by atoms with Gasteiger partial charge in [0.05, 0.1) is 27.5 Å². The molecule has 1 unspecified atom stereocenters. The SMILES string of the molecule is Nn1c(=O)c2cc(F)c(N3CCCC(C(=O)O)C3)c(Cl)c2n(C2CC2)c1=O. The van der Waals surface area contributed by atoms with Gasteiger partial charge in [0, 0.05) is 19.1 Å². The molecule has 3 N–H and O–H groups in total. The van der Waals surface area contributed by atoms with E-state index in [-0.39, 0.29) is 34.2 Å². The zero-order valence-corrected chi connectivity index (χ0v) is 15.1. The molecule has 1 aliphatic carbocycles. The summed E-state index contributed by atoms with van der Waals surface area (Å²) >= 11 is 6.50. The first-order valence-corrected chi connectivity index (χ1v) is 9.11. The molecular weight excluding hydrogens is 379 g/mol. The lowest BCUT2D eigenvalue weighted by molar-refractivity contribution is -0.141. The summed E-state index contributed by atoms with van der Waals surface area (Å²) in [6, 6.07) is 0.893. The van der Waals surface area contributed by atoms with E-state index >= 15 is 0 Å². The normalized spacial score (nSPS) is 20.2. The fourth-order valence-electron chi connectivity index (χ4n) is 3.77. The Morgan fingerprint density at radius 2 is 2.00 bits per heavy atom. The lowest BCUT2D eigenvalue weighted by Gasteiger charge is -2.33. The number of carbonyl (C=O) groups is 1. The number of aromatic nitrogens is 2. The highest BCUT2D eigenvalue weighted by Crippen LogP contribution is 2.41. The molecule has 1 aromatic heterocycles. The predicted octanol–water partition coefficient (Wildman–Crippen LogP) is 1.31. The Balaban J connectivity index is 1.97. The maximum Gasteiger partial charge on any atom is 0.350 e. The Morgan fingerprint density at radius 1 is 1.30 bits per heavy atom. The summed E-state index contributed by atoms with van der Waals surface area (Å²) in [6.07, 6.45) is 2.55. The van der Waals surface area contributed by atoms with Gasteiger partial charge in [0.1, 0.15) is 5.82 Å². The molecule has 27 heavy (non-hydrogen) atoms. The van der Waals surface area contributed by atoms with E-state index in [9.17, 15) is 23.9 Å². The molecule has 0 radical (unpaired) electrons. The van der Waals surface area contributed by atoms with Gasteiger partial charge in [0.25, 0.3) is 5.56 Å². The highest BCUT2D eigenvalue weighted by Gasteiger charge is 2.33. The van der Waals surface area contributed by atoms with Gasteiger partial charge >= 0.3 is 11.7 Å². The molecule has 1 aromatic carbocycles. The Kier molecular flexibility index (Phi) is 4.14. The number of hydrogen-bond acceptors (Lipinski definition) is 5. The number of carboxylic acids is 1. The number of nitrogen functional groups attached to an aromatic ring is 1. The number of aliphatic carboxylic acids is 1. The molecule has 1 saturated heterocycles. The van der Waals surface area contributed by atoms with Crippen LogP contribution in [0.3, 0.4) is 0 Å². The minimum atomic E-state index is -0.946. The van der Waals surface area contributed by atoms with Gasteiger partial charge in [-0.25, -0.2) is 9.18 Å². The van der Waals surface area contributed by atoms with E-state index < -0.39 is 29.0 Å². The maximum absolute atomic E-state index is 14.9. The lowest BCUT2D eigenvalue weighted by atomic mass is 9.97. The van der Waals surface area contributed by atoms with Crippen molar-refractivity contribution in [2.45, 2.75) is 31.7 Å². The summed E-state index contributed by atoms with van der Waals surface area (Å²) in [5, 5.41) is 9.16. The van der Waals surface area contributed by atoms with Gasteiger partial charge in [0.15, 0.2) is 0 Å². The first-order valence-electron chi connectivity index (χ1n) is 8.73. The van der Waals surface area contributed by atoms with E-state index in [1.54, 1.807) is 4.90 Å². The highest BCUT2D eigenvalue weighted by atomic mass is 35.5. The Morgan fingerprint density at radius 3 is 2.63 bits per heavy atom. The largest absolute Gasteiger partial charge is 0.481 e. The number of nitrogens with two attached hydrogens (primary N) is 1. The number of fused-ring (bicyclic) bond motifs is 1. The van der Waals surface area contributed by atoms with Crippen molar-refractivity contribution in [1.82, 2.24) is 9.24 Å². The molecule has 8 nitrogen and oxygen atoms in total. The molecule has 4 rings (SSSR count). The van der Waals surface area contributed by atoms with Crippen LogP contribution in [0.4, 0.5) is 10.1 Å². The van der Waals surface area contributed by atoms with Crippen LogP contribution in [-0.2, 0) is 4.79 Å². The number of rotatable bonds is 3. The maximum atomic E-state index is 14.9. The van der Waals surface area contributed by atoms with Crippen molar-refractivity contribution in [3.8, 4) is 0 Å². The molecule has 2 heterocycles. The Bertz CT molecular complexity index is 1080. The minimum absolute atomic E-state index is 0.0260. The van der Waals surface area contributed by atoms with Crippen molar-refractivity contribution in [1.29, 1.82) is 0 Å². The Hall–Kier alpha value is -2.55. The van der Waals surface area contributed by atoms with Crippen molar-refractivity contribution in [3.05, 3.63) is 37.7 Å². The topological polar surface area (TPSA) is 111 Å². The van der Waals surface area contributed by atoms with Gasteiger partial charge in [0.2, 0.25) is 0 Å². The van der Waals surface area contributed by atoms with Gasteiger partial charge in [-0.2, -0.15) is 4.68 Å². The van der Waals surface area contributed by atoms with E-state index in [0.717, 1.165) is 18.9 Å². The monoisotopic (exact) mass is 396 g/mol. The number of piperidine rings is 1. The number of benzene rings is 1. The molecule has 2 aromatic rings. The Labute approximate surface area is 157 Å². The van der Waals surface area contributed by atoms with Gasteiger partial charge in [-0.15, -0.1) is 0 Å². The van der Waals surface area contributed by atoms with Crippen LogP contribution in [-0.4, -0.2) is 33.4 Å². The van der Waals surface area contributed by atoms with Crippen molar-refractivity contribution in [3.63, 3.8) is 0 Å². The van der Waals surface area contributed by atoms with Crippen LogP contribution in [0.5, 0.6) is 0 Å². The summed E-state index contributed by atoms with van der Waals surface area (Å²) in [4.78, 5) is 37.8. The molecule has 0 bridgehead atoms. The van der Waals surface area contributed by atoms with Crippen LogP contribution < -0.4 is 22.0 Å². The van der Waals surface area contributed by atoms with Gasteiger partial charge < -0.3 is 15.8 Å². The van der Waals surface area contributed by atoms with Crippen molar-refractivity contribution < 1.29 is 14.3 Å². The first kappa shape index (κ1) is 17.8. The zero-order chi connectivity index (χ0) is 19.5. The summed E-state index contributed by atoms with van der Waals surface area (Å²) in [5.41, 5.74) is -1.33. The molecule has 144 valence electrons.